The highest BCUT2D eigenvalue weighted by molar-refractivity contribution is 6.99. The van der Waals surface area contributed by atoms with Crippen LogP contribution in [0.1, 0.15) is 40.5 Å². The Bertz CT molecular complexity index is 236. The second-order valence-corrected chi connectivity index (χ2v) is 14.7. The topological polar surface area (TPSA) is 9.23 Å². The Morgan fingerprint density at radius 2 is 1.60 bits per heavy atom. The Morgan fingerprint density at radius 1 is 1.00 bits per heavy atom. The van der Waals surface area contributed by atoms with Gasteiger partial charge in [0.15, 0.2) is 16.6 Å². The lowest BCUT2D eigenvalue weighted by Gasteiger charge is -2.27. The molecule has 2 rings (SSSR count). The van der Waals surface area contributed by atoms with Crippen LogP contribution in [0.5, 0.6) is 0 Å². The van der Waals surface area contributed by atoms with E-state index in [-0.39, 0.29) is 0 Å². The molecule has 1 nitrogen and oxygen atoms in total. The number of hydrogen-bond acceptors (Lipinski definition) is 1. The molecule has 1 unspecified atom stereocenters. The first kappa shape index (κ1) is 11.9. The zero-order valence-corrected chi connectivity index (χ0v) is 12.9. The van der Waals surface area contributed by atoms with E-state index in [0.29, 0.717) is 5.04 Å². The molecule has 2 aliphatic heterocycles. The fourth-order valence-electron chi connectivity index (χ4n) is 3.84. The molecule has 0 aromatic heterocycles. The lowest BCUT2D eigenvalue weighted by molar-refractivity contribution is 0.534. The summed E-state index contributed by atoms with van der Waals surface area (Å²) in [7, 11) is -2.40. The van der Waals surface area contributed by atoms with Gasteiger partial charge >= 0.3 is 0 Å². The first-order valence-electron chi connectivity index (χ1n) is 6.82. The molecule has 1 spiro atoms. The fourth-order valence-corrected chi connectivity index (χ4v) is 19.0. The number of hydrogen-bond donors (Lipinski definition) is 0. The molecule has 2 fully saturated rings. The first-order valence-corrected chi connectivity index (χ1v) is 11.7. The third kappa shape index (κ3) is 1.50. The van der Waals surface area contributed by atoms with Crippen molar-refractivity contribution in [2.75, 3.05) is 0 Å². The standard InChI is InChI=1S/C12H26OSi2/c1-5-12(6-2)11-15(12)10-9-14(7-3,8-4)13-15/h5-11H2,1-4H3. The quantitative estimate of drug-likeness (QED) is 0.659. The molecule has 0 saturated carbocycles. The third-order valence-electron chi connectivity index (χ3n) is 5.50. The normalized spacial score (nSPS) is 36.0. The summed E-state index contributed by atoms with van der Waals surface area (Å²) in [4.78, 5) is 0. The molecule has 2 heterocycles. The van der Waals surface area contributed by atoms with Gasteiger partial charge in [-0.1, -0.05) is 40.5 Å². The predicted octanol–water partition coefficient (Wildman–Crippen LogP) is 4.52. The first-order chi connectivity index (χ1) is 7.11. The molecule has 15 heavy (non-hydrogen) atoms. The summed E-state index contributed by atoms with van der Waals surface area (Å²) in [5.74, 6) is 0. The molecule has 0 aromatic carbocycles. The molecular formula is C12H26OSi2. The smallest absolute Gasteiger partial charge is 0.185 e. The van der Waals surface area contributed by atoms with E-state index in [1.54, 1.807) is 0 Å². The van der Waals surface area contributed by atoms with E-state index < -0.39 is 16.6 Å². The van der Waals surface area contributed by atoms with Gasteiger partial charge in [0.2, 0.25) is 0 Å². The highest BCUT2D eigenvalue weighted by Gasteiger charge is 2.72. The third-order valence-corrected chi connectivity index (χ3v) is 17.7. The largest absolute Gasteiger partial charge is 0.454 e. The second kappa shape index (κ2) is 3.71. The lowest BCUT2D eigenvalue weighted by Crippen LogP contribution is -2.36. The molecule has 0 aliphatic carbocycles. The summed E-state index contributed by atoms with van der Waals surface area (Å²) in [6.45, 7) is 9.50. The molecule has 2 aliphatic rings. The molecular weight excluding hydrogens is 216 g/mol. The van der Waals surface area contributed by atoms with Crippen molar-refractivity contribution >= 4 is 16.6 Å². The van der Waals surface area contributed by atoms with Gasteiger partial charge in [-0.05, 0) is 35.3 Å². The SMILES string of the molecule is CCC1(CC)C[Si]12CC[Si](CC)(CC)O2. The predicted molar refractivity (Wildman–Crippen MR) is 71.3 cm³/mol. The molecule has 0 radical (unpaired) electrons. The van der Waals surface area contributed by atoms with E-state index in [1.807, 2.05) is 0 Å². The van der Waals surface area contributed by atoms with Crippen LogP contribution in [0.15, 0.2) is 0 Å². The van der Waals surface area contributed by atoms with Crippen molar-refractivity contribution in [3.05, 3.63) is 0 Å². The van der Waals surface area contributed by atoms with E-state index in [4.69, 9.17) is 4.12 Å². The Balaban J connectivity index is 2.11. The highest BCUT2D eigenvalue weighted by atomic mass is 28.4. The second-order valence-electron chi connectivity index (χ2n) is 5.65. The van der Waals surface area contributed by atoms with Gasteiger partial charge in [0.1, 0.15) is 0 Å². The van der Waals surface area contributed by atoms with Crippen LogP contribution in [0.2, 0.25) is 35.3 Å². The Labute approximate surface area is 96.9 Å². The van der Waals surface area contributed by atoms with Crippen LogP contribution in [-0.4, -0.2) is 16.6 Å². The molecule has 3 heteroatoms. The number of rotatable bonds is 4. The van der Waals surface area contributed by atoms with Gasteiger partial charge in [0, 0.05) is 0 Å². The van der Waals surface area contributed by atoms with Crippen molar-refractivity contribution in [1.82, 2.24) is 0 Å². The molecule has 2 saturated heterocycles. The zero-order chi connectivity index (χ0) is 11.2. The van der Waals surface area contributed by atoms with Crippen molar-refractivity contribution in [3.8, 4) is 0 Å². The molecule has 88 valence electrons. The maximum Gasteiger partial charge on any atom is 0.185 e. The average molecular weight is 243 g/mol. The summed E-state index contributed by atoms with van der Waals surface area (Å²) in [6.07, 6.45) is 2.77. The maximum absolute atomic E-state index is 6.82. The minimum atomic E-state index is -1.21. The summed E-state index contributed by atoms with van der Waals surface area (Å²) in [6, 6.07) is 7.24. The summed E-state index contributed by atoms with van der Waals surface area (Å²) in [5, 5.41) is 0.714. The van der Waals surface area contributed by atoms with E-state index in [2.05, 4.69) is 27.7 Å². The van der Waals surface area contributed by atoms with Crippen molar-refractivity contribution in [3.63, 3.8) is 0 Å². The van der Waals surface area contributed by atoms with Gasteiger partial charge in [0.05, 0.1) is 0 Å². The van der Waals surface area contributed by atoms with Crippen LogP contribution in [0, 0.1) is 0 Å². The van der Waals surface area contributed by atoms with Crippen molar-refractivity contribution in [2.45, 2.75) is 75.8 Å². The van der Waals surface area contributed by atoms with Crippen LogP contribution in [0.4, 0.5) is 0 Å². The minimum absolute atomic E-state index is 0.714. The highest BCUT2D eigenvalue weighted by Crippen LogP contribution is 2.73. The molecule has 0 bridgehead atoms. The summed E-state index contributed by atoms with van der Waals surface area (Å²) >= 11 is 0. The van der Waals surface area contributed by atoms with Gasteiger partial charge in [-0.2, -0.15) is 0 Å². The van der Waals surface area contributed by atoms with Crippen LogP contribution in [0.25, 0.3) is 0 Å². The maximum atomic E-state index is 6.82. The van der Waals surface area contributed by atoms with Crippen molar-refractivity contribution < 1.29 is 4.12 Å². The lowest BCUT2D eigenvalue weighted by atomic mass is 10.1. The van der Waals surface area contributed by atoms with E-state index in [9.17, 15) is 0 Å². The Morgan fingerprint density at radius 3 is 1.93 bits per heavy atom. The monoisotopic (exact) mass is 242 g/mol. The van der Waals surface area contributed by atoms with E-state index >= 15 is 0 Å². The van der Waals surface area contributed by atoms with Gasteiger partial charge in [-0.25, -0.2) is 0 Å². The van der Waals surface area contributed by atoms with Gasteiger partial charge < -0.3 is 4.12 Å². The van der Waals surface area contributed by atoms with E-state index in [1.165, 1.54) is 43.1 Å². The summed E-state index contributed by atoms with van der Waals surface area (Å²) in [5.41, 5.74) is 0. The Hall–Kier alpha value is 0.394. The van der Waals surface area contributed by atoms with Crippen LogP contribution in [0.3, 0.4) is 0 Å². The zero-order valence-electron chi connectivity index (χ0n) is 10.9. The van der Waals surface area contributed by atoms with Crippen molar-refractivity contribution in [2.24, 2.45) is 0 Å². The molecule has 0 N–H and O–H groups in total. The molecule has 0 aromatic rings. The molecule has 1 atom stereocenters. The fraction of sp³-hybridized carbons (Fsp3) is 1.00. The van der Waals surface area contributed by atoms with Crippen LogP contribution in [-0.2, 0) is 4.12 Å². The van der Waals surface area contributed by atoms with Gasteiger partial charge in [-0.3, -0.25) is 0 Å². The van der Waals surface area contributed by atoms with Crippen LogP contribution >= 0.6 is 0 Å². The Kier molecular flexibility index (Phi) is 2.93. The minimum Gasteiger partial charge on any atom is -0.454 e. The summed E-state index contributed by atoms with van der Waals surface area (Å²) < 4.78 is 6.82. The van der Waals surface area contributed by atoms with Gasteiger partial charge in [0.25, 0.3) is 0 Å². The molecule has 0 amide bonds. The van der Waals surface area contributed by atoms with Crippen LogP contribution < -0.4 is 0 Å². The van der Waals surface area contributed by atoms with E-state index in [0.717, 1.165) is 0 Å². The van der Waals surface area contributed by atoms with Crippen molar-refractivity contribution in [1.29, 1.82) is 0 Å². The van der Waals surface area contributed by atoms with Gasteiger partial charge in [-0.15, -0.1) is 0 Å². The average Bonchev–Trinajstić information content (AvgIpc) is 2.74.